The summed E-state index contributed by atoms with van der Waals surface area (Å²) in [5, 5.41) is 2.89. The third kappa shape index (κ3) is 3.89. The van der Waals surface area contributed by atoms with Crippen molar-refractivity contribution >= 4 is 5.69 Å². The quantitative estimate of drug-likeness (QED) is 0.922. The molecule has 21 heavy (non-hydrogen) atoms. The Morgan fingerprint density at radius 1 is 1.14 bits per heavy atom. The second kappa shape index (κ2) is 6.66. The molecule has 1 aromatic rings. The lowest BCUT2D eigenvalue weighted by Crippen LogP contribution is -2.46. The summed E-state index contributed by atoms with van der Waals surface area (Å²) in [5.74, 6) is 0. The predicted molar refractivity (Wildman–Crippen MR) is 78.5 cm³/mol. The second-order valence-corrected chi connectivity index (χ2v) is 5.30. The van der Waals surface area contributed by atoms with Gasteiger partial charge in [0, 0.05) is 38.4 Å². The van der Waals surface area contributed by atoms with Crippen LogP contribution in [-0.4, -0.2) is 44.7 Å². The summed E-state index contributed by atoms with van der Waals surface area (Å²) >= 11 is 0. The maximum Gasteiger partial charge on any atom is 0.418 e. The molecule has 6 heteroatoms. The van der Waals surface area contributed by atoms with Gasteiger partial charge in [-0.15, -0.1) is 0 Å². The highest BCUT2D eigenvalue weighted by molar-refractivity contribution is 5.57. The molecule has 1 fully saturated rings. The number of hydrogen-bond acceptors (Lipinski definition) is 3. The summed E-state index contributed by atoms with van der Waals surface area (Å²) in [6, 6.07) is 4.64. The molecule has 1 aromatic carbocycles. The van der Waals surface area contributed by atoms with Crippen molar-refractivity contribution in [1.29, 1.82) is 0 Å². The summed E-state index contributed by atoms with van der Waals surface area (Å²) in [7, 11) is 1.73. The highest BCUT2D eigenvalue weighted by Crippen LogP contribution is 2.37. The van der Waals surface area contributed by atoms with Crippen molar-refractivity contribution < 1.29 is 13.2 Å². The maximum absolute atomic E-state index is 13.3. The Bertz CT molecular complexity index is 466. The number of rotatable bonds is 4. The van der Waals surface area contributed by atoms with E-state index < -0.39 is 11.7 Å². The van der Waals surface area contributed by atoms with E-state index in [1.807, 2.05) is 4.90 Å². The third-order valence-electron chi connectivity index (χ3n) is 3.91. The molecule has 0 amide bonds. The number of piperazine rings is 1. The van der Waals surface area contributed by atoms with Gasteiger partial charge in [-0.25, -0.2) is 0 Å². The van der Waals surface area contributed by atoms with Crippen LogP contribution in [0.2, 0.25) is 0 Å². The van der Waals surface area contributed by atoms with E-state index in [4.69, 9.17) is 0 Å². The molecule has 0 atom stereocenters. The molecule has 0 aromatic heterocycles. The van der Waals surface area contributed by atoms with Crippen LogP contribution < -0.4 is 10.2 Å². The minimum Gasteiger partial charge on any atom is -0.368 e. The monoisotopic (exact) mass is 301 g/mol. The summed E-state index contributed by atoms with van der Waals surface area (Å²) < 4.78 is 39.9. The lowest BCUT2D eigenvalue weighted by Gasteiger charge is -2.36. The molecule has 118 valence electrons. The van der Waals surface area contributed by atoms with Gasteiger partial charge in [0.2, 0.25) is 0 Å². The van der Waals surface area contributed by atoms with Crippen molar-refractivity contribution in [3.8, 4) is 0 Å². The van der Waals surface area contributed by atoms with Crippen LogP contribution in [0, 0.1) is 0 Å². The van der Waals surface area contributed by atoms with Gasteiger partial charge in [-0.1, -0.05) is 13.0 Å². The molecule has 1 N–H and O–H groups in total. The normalized spacial score (nSPS) is 17.3. The Kier molecular flexibility index (Phi) is 5.11. The topological polar surface area (TPSA) is 18.5 Å². The van der Waals surface area contributed by atoms with E-state index >= 15 is 0 Å². The lowest BCUT2D eigenvalue weighted by molar-refractivity contribution is -0.137. The van der Waals surface area contributed by atoms with Crippen LogP contribution in [0.1, 0.15) is 18.1 Å². The Labute approximate surface area is 123 Å². The van der Waals surface area contributed by atoms with Gasteiger partial charge in [0.05, 0.1) is 5.56 Å². The van der Waals surface area contributed by atoms with Crippen molar-refractivity contribution in [2.75, 3.05) is 44.7 Å². The standard InChI is InChI=1S/C15H22F3N3/c1-3-20-6-8-21(9-7-20)14-5-4-12(11-19-2)10-13(14)15(16,17)18/h4-5,10,19H,3,6-9,11H2,1-2H3. The van der Waals surface area contributed by atoms with Crippen LogP contribution in [-0.2, 0) is 12.7 Å². The third-order valence-corrected chi connectivity index (χ3v) is 3.91. The van der Waals surface area contributed by atoms with Gasteiger partial charge in [0.15, 0.2) is 0 Å². The number of nitrogens with zero attached hydrogens (tertiary/aromatic N) is 2. The number of benzene rings is 1. The maximum atomic E-state index is 13.3. The SMILES string of the molecule is CCN1CCN(c2ccc(CNC)cc2C(F)(F)F)CC1. The number of anilines is 1. The highest BCUT2D eigenvalue weighted by Gasteiger charge is 2.35. The van der Waals surface area contributed by atoms with Crippen molar-refractivity contribution in [3.63, 3.8) is 0 Å². The Morgan fingerprint density at radius 3 is 2.33 bits per heavy atom. The number of likely N-dealkylation sites (N-methyl/N-ethyl adjacent to an activating group) is 1. The molecular formula is C15H22F3N3. The first-order valence-electron chi connectivity index (χ1n) is 7.27. The fourth-order valence-corrected chi connectivity index (χ4v) is 2.71. The molecule has 1 heterocycles. The number of hydrogen-bond donors (Lipinski definition) is 1. The van der Waals surface area contributed by atoms with Gasteiger partial charge >= 0.3 is 6.18 Å². The zero-order chi connectivity index (χ0) is 15.5. The van der Waals surface area contributed by atoms with Crippen molar-refractivity contribution in [3.05, 3.63) is 29.3 Å². The van der Waals surface area contributed by atoms with E-state index in [1.54, 1.807) is 19.2 Å². The highest BCUT2D eigenvalue weighted by atomic mass is 19.4. The van der Waals surface area contributed by atoms with Crippen molar-refractivity contribution in [2.24, 2.45) is 0 Å². The van der Waals surface area contributed by atoms with Crippen molar-refractivity contribution in [2.45, 2.75) is 19.6 Å². The molecular weight excluding hydrogens is 279 g/mol. The Hall–Kier alpha value is -1.27. The van der Waals surface area contributed by atoms with Crippen LogP contribution in [0.4, 0.5) is 18.9 Å². The van der Waals surface area contributed by atoms with E-state index in [1.165, 1.54) is 6.07 Å². The zero-order valence-electron chi connectivity index (χ0n) is 12.5. The summed E-state index contributed by atoms with van der Waals surface area (Å²) in [5.41, 5.74) is 0.430. The van der Waals surface area contributed by atoms with E-state index in [-0.39, 0.29) is 0 Å². The number of halogens is 3. The smallest absolute Gasteiger partial charge is 0.368 e. The van der Waals surface area contributed by atoms with E-state index in [0.29, 0.717) is 30.9 Å². The summed E-state index contributed by atoms with van der Waals surface area (Å²) in [6.07, 6.45) is -4.32. The first-order chi connectivity index (χ1) is 9.95. The molecule has 3 nitrogen and oxygen atoms in total. The van der Waals surface area contributed by atoms with Crippen molar-refractivity contribution in [1.82, 2.24) is 10.2 Å². The fraction of sp³-hybridized carbons (Fsp3) is 0.600. The molecule has 0 unspecified atom stereocenters. The van der Waals surface area contributed by atoms with Gasteiger partial charge in [0.1, 0.15) is 0 Å². The Balaban J connectivity index is 2.26. The molecule has 1 saturated heterocycles. The molecule has 0 saturated carbocycles. The lowest BCUT2D eigenvalue weighted by atomic mass is 10.1. The molecule has 0 spiro atoms. The van der Waals surface area contributed by atoms with Gasteiger partial charge in [-0.2, -0.15) is 13.2 Å². The first kappa shape index (κ1) is 16.1. The van der Waals surface area contributed by atoms with Gasteiger partial charge in [-0.3, -0.25) is 0 Å². The second-order valence-electron chi connectivity index (χ2n) is 5.30. The zero-order valence-corrected chi connectivity index (χ0v) is 12.5. The van der Waals surface area contributed by atoms with Gasteiger partial charge in [-0.05, 0) is 31.3 Å². The molecule has 2 rings (SSSR count). The van der Waals surface area contributed by atoms with E-state index in [0.717, 1.165) is 19.6 Å². The fourth-order valence-electron chi connectivity index (χ4n) is 2.71. The molecule has 1 aliphatic rings. The van der Waals surface area contributed by atoms with Crippen LogP contribution >= 0.6 is 0 Å². The molecule has 0 bridgehead atoms. The average molecular weight is 301 g/mol. The Morgan fingerprint density at radius 2 is 1.81 bits per heavy atom. The molecule has 0 radical (unpaired) electrons. The molecule has 0 aliphatic carbocycles. The van der Waals surface area contributed by atoms with Crippen LogP contribution in [0.15, 0.2) is 18.2 Å². The largest absolute Gasteiger partial charge is 0.418 e. The van der Waals surface area contributed by atoms with Crippen LogP contribution in [0.5, 0.6) is 0 Å². The van der Waals surface area contributed by atoms with E-state index in [9.17, 15) is 13.2 Å². The summed E-state index contributed by atoms with van der Waals surface area (Å²) in [6.45, 7) is 6.36. The van der Waals surface area contributed by atoms with E-state index in [2.05, 4.69) is 17.1 Å². The molecule has 1 aliphatic heterocycles. The van der Waals surface area contributed by atoms with Gasteiger partial charge in [0.25, 0.3) is 0 Å². The first-order valence-corrected chi connectivity index (χ1v) is 7.27. The average Bonchev–Trinajstić information content (AvgIpc) is 2.47. The minimum absolute atomic E-state index is 0.304. The summed E-state index contributed by atoms with van der Waals surface area (Å²) in [4.78, 5) is 4.09. The number of nitrogens with one attached hydrogen (secondary N) is 1. The van der Waals surface area contributed by atoms with Crippen LogP contribution in [0.3, 0.4) is 0 Å². The predicted octanol–water partition coefficient (Wildman–Crippen LogP) is 2.57. The minimum atomic E-state index is -4.32. The van der Waals surface area contributed by atoms with Crippen LogP contribution in [0.25, 0.3) is 0 Å². The number of alkyl halides is 3. The van der Waals surface area contributed by atoms with Gasteiger partial charge < -0.3 is 15.1 Å².